The average molecular weight is 267 g/mol. The van der Waals surface area contributed by atoms with Crippen LogP contribution in [0.2, 0.25) is 0 Å². The largest absolute Gasteiger partial charge is 0.480 e. The van der Waals surface area contributed by atoms with Crippen LogP contribution in [-0.4, -0.2) is 41.3 Å². The van der Waals surface area contributed by atoms with Crippen LogP contribution in [0.3, 0.4) is 0 Å². The maximum atomic E-state index is 10.9. The maximum absolute atomic E-state index is 10.9. The predicted octanol–water partition coefficient (Wildman–Crippen LogP) is -0.681. The Morgan fingerprint density at radius 2 is 2.05 bits per heavy atom. The minimum absolute atomic E-state index is 0.0962. The highest BCUT2D eigenvalue weighted by atomic mass is 16.4. The molecule has 1 aliphatic heterocycles. The first-order chi connectivity index (χ1) is 9.04. The van der Waals surface area contributed by atoms with Crippen LogP contribution in [0, 0.1) is 0 Å². The van der Waals surface area contributed by atoms with Crippen molar-refractivity contribution in [3.63, 3.8) is 0 Å². The van der Waals surface area contributed by atoms with Crippen molar-refractivity contribution >= 4 is 17.6 Å². The fourth-order valence-corrected chi connectivity index (χ4v) is 1.36. The van der Waals surface area contributed by atoms with Crippen LogP contribution in [0.1, 0.15) is 6.42 Å². The SMILES string of the molecule is N[C@@H](CO)C(=O)O.O=C1CCN(c2ccccc2)N1. The predicted molar refractivity (Wildman–Crippen MR) is 69.2 cm³/mol. The summed E-state index contributed by atoms with van der Waals surface area (Å²) in [6.45, 7) is 0.262. The molecule has 0 aromatic heterocycles. The van der Waals surface area contributed by atoms with Gasteiger partial charge < -0.3 is 15.9 Å². The van der Waals surface area contributed by atoms with Crippen molar-refractivity contribution in [3.05, 3.63) is 30.3 Å². The number of aliphatic hydroxyl groups excluding tert-OH is 1. The second-order valence-corrected chi connectivity index (χ2v) is 3.90. The number of hydrogen-bond donors (Lipinski definition) is 4. The number of nitrogens with two attached hydrogens (primary N) is 1. The van der Waals surface area contributed by atoms with Gasteiger partial charge in [0.2, 0.25) is 5.91 Å². The smallest absolute Gasteiger partial charge is 0.322 e. The number of carbonyl (C=O) groups excluding carboxylic acids is 1. The van der Waals surface area contributed by atoms with Gasteiger partial charge >= 0.3 is 5.97 Å². The lowest BCUT2D eigenvalue weighted by Gasteiger charge is -2.16. The molecule has 0 radical (unpaired) electrons. The molecule has 0 bridgehead atoms. The standard InChI is InChI=1S/C9H10N2O.C3H7NO3/c12-9-6-7-11(10-9)8-4-2-1-3-5-8;4-2(1-5)3(6)7/h1-5H,6-7H2,(H,10,12);2,5H,1,4H2,(H,6,7)/t;2-/m.0/s1. The molecular weight excluding hydrogens is 250 g/mol. The summed E-state index contributed by atoms with van der Waals surface area (Å²) < 4.78 is 0. The summed E-state index contributed by atoms with van der Waals surface area (Å²) in [5.74, 6) is -1.08. The molecular formula is C12H17N3O4. The Bertz CT molecular complexity index is 424. The van der Waals surface area contributed by atoms with Gasteiger partial charge in [-0.1, -0.05) is 18.2 Å². The van der Waals surface area contributed by atoms with Gasteiger partial charge in [-0.25, -0.2) is 0 Å². The highest BCUT2D eigenvalue weighted by molar-refractivity contribution is 5.81. The molecule has 19 heavy (non-hydrogen) atoms. The van der Waals surface area contributed by atoms with E-state index in [9.17, 15) is 9.59 Å². The minimum Gasteiger partial charge on any atom is -0.480 e. The van der Waals surface area contributed by atoms with E-state index < -0.39 is 18.6 Å². The molecule has 7 nitrogen and oxygen atoms in total. The summed E-state index contributed by atoms with van der Waals surface area (Å²) in [6.07, 6.45) is 0.592. The van der Waals surface area contributed by atoms with Crippen LogP contribution in [0.5, 0.6) is 0 Å². The van der Waals surface area contributed by atoms with E-state index in [1.807, 2.05) is 35.3 Å². The summed E-state index contributed by atoms with van der Waals surface area (Å²) in [4.78, 5) is 20.5. The first-order valence-electron chi connectivity index (χ1n) is 5.76. The van der Waals surface area contributed by atoms with Gasteiger partial charge in [0.25, 0.3) is 0 Å². The van der Waals surface area contributed by atoms with E-state index in [4.69, 9.17) is 15.9 Å². The Morgan fingerprint density at radius 1 is 1.42 bits per heavy atom. The molecule has 1 atom stereocenters. The second-order valence-electron chi connectivity index (χ2n) is 3.90. The highest BCUT2D eigenvalue weighted by Gasteiger charge is 2.17. The number of anilines is 1. The zero-order valence-corrected chi connectivity index (χ0v) is 10.3. The number of para-hydroxylation sites is 1. The van der Waals surface area contributed by atoms with Crippen molar-refractivity contribution in [2.45, 2.75) is 12.5 Å². The van der Waals surface area contributed by atoms with Crippen molar-refractivity contribution in [1.82, 2.24) is 5.43 Å². The fourth-order valence-electron chi connectivity index (χ4n) is 1.36. The number of carbonyl (C=O) groups is 2. The first kappa shape index (κ1) is 14.9. The molecule has 0 spiro atoms. The monoisotopic (exact) mass is 267 g/mol. The van der Waals surface area contributed by atoms with E-state index in [2.05, 4.69) is 5.43 Å². The third-order valence-electron chi connectivity index (χ3n) is 2.40. The molecule has 1 amide bonds. The van der Waals surface area contributed by atoms with Gasteiger partial charge in [0.05, 0.1) is 12.3 Å². The quantitative estimate of drug-likeness (QED) is 0.576. The minimum atomic E-state index is -1.18. The van der Waals surface area contributed by atoms with Crippen LogP contribution >= 0.6 is 0 Å². The van der Waals surface area contributed by atoms with Crippen LogP contribution < -0.4 is 16.2 Å². The zero-order valence-electron chi connectivity index (χ0n) is 10.3. The number of carboxylic acid groups (broad SMARTS) is 1. The lowest BCUT2D eigenvalue weighted by Crippen LogP contribution is -2.33. The lowest BCUT2D eigenvalue weighted by atomic mass is 10.3. The van der Waals surface area contributed by atoms with Crippen LogP contribution in [0.4, 0.5) is 5.69 Å². The van der Waals surface area contributed by atoms with Crippen molar-refractivity contribution in [1.29, 1.82) is 0 Å². The van der Waals surface area contributed by atoms with E-state index >= 15 is 0 Å². The van der Waals surface area contributed by atoms with E-state index in [0.717, 1.165) is 12.2 Å². The molecule has 1 aromatic carbocycles. The van der Waals surface area contributed by atoms with E-state index in [0.29, 0.717) is 6.42 Å². The molecule has 2 rings (SSSR count). The Hall–Kier alpha value is -2.12. The van der Waals surface area contributed by atoms with Crippen molar-refractivity contribution in [2.24, 2.45) is 5.73 Å². The van der Waals surface area contributed by atoms with E-state index in [1.54, 1.807) is 0 Å². The van der Waals surface area contributed by atoms with E-state index in [-0.39, 0.29) is 5.91 Å². The summed E-state index contributed by atoms with van der Waals surface area (Å²) >= 11 is 0. The van der Waals surface area contributed by atoms with Crippen LogP contribution in [0.15, 0.2) is 30.3 Å². The van der Waals surface area contributed by atoms with Crippen molar-refractivity contribution in [3.8, 4) is 0 Å². The second kappa shape index (κ2) is 7.34. The summed E-state index contributed by atoms with van der Waals surface area (Å²) in [5, 5.41) is 17.8. The average Bonchev–Trinajstić information content (AvgIpc) is 2.86. The number of carboxylic acids is 1. The molecule has 5 N–H and O–H groups in total. The maximum Gasteiger partial charge on any atom is 0.322 e. The molecule has 1 fully saturated rings. The molecule has 1 saturated heterocycles. The molecule has 1 aliphatic rings. The number of aliphatic hydroxyl groups is 1. The lowest BCUT2D eigenvalue weighted by molar-refractivity contribution is -0.139. The molecule has 104 valence electrons. The highest BCUT2D eigenvalue weighted by Crippen LogP contribution is 2.13. The van der Waals surface area contributed by atoms with Gasteiger partial charge in [-0.15, -0.1) is 0 Å². The normalized spacial score (nSPS) is 15.3. The molecule has 7 heteroatoms. The first-order valence-corrected chi connectivity index (χ1v) is 5.76. The third kappa shape index (κ3) is 4.94. The Balaban J connectivity index is 0.000000224. The zero-order chi connectivity index (χ0) is 14.3. The van der Waals surface area contributed by atoms with Gasteiger partial charge in [-0.2, -0.15) is 0 Å². The number of aliphatic carboxylic acids is 1. The van der Waals surface area contributed by atoms with Gasteiger partial charge in [-0.05, 0) is 12.1 Å². The van der Waals surface area contributed by atoms with Gasteiger partial charge in [0.15, 0.2) is 0 Å². The number of nitrogens with one attached hydrogen (secondary N) is 1. The summed E-state index contributed by atoms with van der Waals surface area (Å²) in [6, 6.07) is 8.71. The van der Waals surface area contributed by atoms with Gasteiger partial charge in [-0.3, -0.25) is 20.0 Å². The van der Waals surface area contributed by atoms with Gasteiger partial charge in [0.1, 0.15) is 6.04 Å². The molecule has 0 unspecified atom stereocenters. The number of rotatable bonds is 3. The number of hydrazine groups is 1. The number of amides is 1. The van der Waals surface area contributed by atoms with Gasteiger partial charge in [0, 0.05) is 13.0 Å². The van der Waals surface area contributed by atoms with E-state index in [1.165, 1.54) is 0 Å². The third-order valence-corrected chi connectivity index (χ3v) is 2.40. The molecule has 0 saturated carbocycles. The summed E-state index contributed by atoms with van der Waals surface area (Å²) in [7, 11) is 0. The Labute approximate surface area is 110 Å². The van der Waals surface area contributed by atoms with Crippen LogP contribution in [-0.2, 0) is 9.59 Å². The number of nitrogens with zero attached hydrogens (tertiary/aromatic N) is 1. The van der Waals surface area contributed by atoms with Crippen molar-refractivity contribution in [2.75, 3.05) is 18.2 Å². The fraction of sp³-hybridized carbons (Fsp3) is 0.333. The Kier molecular flexibility index (Phi) is 5.77. The number of benzene rings is 1. The van der Waals surface area contributed by atoms with Crippen LogP contribution in [0.25, 0.3) is 0 Å². The molecule has 1 heterocycles. The number of hydrogen-bond acceptors (Lipinski definition) is 5. The molecule has 1 aromatic rings. The topological polar surface area (TPSA) is 116 Å². The van der Waals surface area contributed by atoms with Crippen molar-refractivity contribution < 1.29 is 19.8 Å². The molecule has 0 aliphatic carbocycles. The summed E-state index contributed by atoms with van der Waals surface area (Å²) in [5.41, 5.74) is 8.58. The Morgan fingerprint density at radius 3 is 2.42 bits per heavy atom.